The molecule has 2 aromatic carbocycles. The number of carbonyl (C=O) groups is 1. The summed E-state index contributed by atoms with van der Waals surface area (Å²) in [6.07, 6.45) is -2.83. The first-order valence-electron chi connectivity index (χ1n) is 10.5. The Morgan fingerprint density at radius 1 is 1.09 bits per heavy atom. The zero-order valence-corrected chi connectivity index (χ0v) is 20.3. The van der Waals surface area contributed by atoms with Gasteiger partial charge >= 0.3 is 6.18 Å². The van der Waals surface area contributed by atoms with Crippen LogP contribution in [0.5, 0.6) is 0 Å². The van der Waals surface area contributed by atoms with Crippen LogP contribution >= 0.6 is 22.9 Å². The van der Waals surface area contributed by atoms with Crippen molar-refractivity contribution < 1.29 is 22.4 Å². The van der Waals surface area contributed by atoms with Crippen molar-refractivity contribution in [2.24, 2.45) is 0 Å². The highest BCUT2D eigenvalue weighted by Gasteiger charge is 2.32. The summed E-state index contributed by atoms with van der Waals surface area (Å²) in [5.41, 5.74) is 0.708. The van der Waals surface area contributed by atoms with E-state index in [-0.39, 0.29) is 18.0 Å². The van der Waals surface area contributed by atoms with E-state index in [0.717, 1.165) is 35.1 Å². The zero-order chi connectivity index (χ0) is 24.2. The number of amides is 1. The number of aromatic nitrogens is 1. The molecule has 4 nitrogen and oxygen atoms in total. The predicted octanol–water partition coefficient (Wildman–Crippen LogP) is 7.02. The Kier molecular flexibility index (Phi) is 7.82. The van der Waals surface area contributed by atoms with Gasteiger partial charge in [-0.1, -0.05) is 29.8 Å². The molecule has 0 N–H and O–H groups in total. The van der Waals surface area contributed by atoms with E-state index < -0.39 is 11.7 Å². The summed E-state index contributed by atoms with van der Waals surface area (Å²) < 4.78 is 40.8. The van der Waals surface area contributed by atoms with Gasteiger partial charge in [-0.2, -0.15) is 13.2 Å². The van der Waals surface area contributed by atoms with Crippen LogP contribution in [0.3, 0.4) is 0 Å². The van der Waals surface area contributed by atoms with E-state index in [1.165, 1.54) is 28.4 Å². The summed E-state index contributed by atoms with van der Waals surface area (Å²) in [6, 6.07) is 11.9. The summed E-state index contributed by atoms with van der Waals surface area (Å²) in [5.74, 6) is -0.289. The summed E-state index contributed by atoms with van der Waals surface area (Å²) in [6.45, 7) is 0.896. The molecule has 0 atom stereocenters. The van der Waals surface area contributed by atoms with Crippen LogP contribution in [-0.4, -0.2) is 43.1 Å². The molecular weight excluding hydrogens is 471 g/mol. The van der Waals surface area contributed by atoms with Gasteiger partial charge in [0, 0.05) is 22.4 Å². The normalized spacial score (nSPS) is 12.1. The van der Waals surface area contributed by atoms with Gasteiger partial charge in [-0.05, 0) is 43.2 Å². The standard InChI is InChI=1S/C24H26ClF3N3OS/c1-31(2,3)13-5-4-12-22(32)30(20-11-7-9-18(15-20)24(26,27)28)23-29-21(16-33-23)17-8-6-10-19(25)14-17/h6-11,14-16H,4-5,12-13H2,1-3H3/q+1. The minimum atomic E-state index is -4.51. The van der Waals surface area contributed by atoms with E-state index in [9.17, 15) is 18.0 Å². The highest BCUT2D eigenvalue weighted by Crippen LogP contribution is 2.37. The van der Waals surface area contributed by atoms with Gasteiger partial charge in [-0.3, -0.25) is 9.69 Å². The highest BCUT2D eigenvalue weighted by atomic mass is 35.5. The molecule has 0 saturated heterocycles. The first-order valence-corrected chi connectivity index (χ1v) is 11.7. The van der Waals surface area contributed by atoms with E-state index >= 15 is 0 Å². The third-order valence-corrected chi connectivity index (χ3v) is 6.02. The number of quaternary nitrogens is 1. The highest BCUT2D eigenvalue weighted by molar-refractivity contribution is 7.14. The largest absolute Gasteiger partial charge is 0.416 e. The smallest absolute Gasteiger partial charge is 0.331 e. The number of anilines is 2. The molecule has 0 unspecified atom stereocenters. The van der Waals surface area contributed by atoms with Gasteiger partial charge in [0.15, 0.2) is 5.13 Å². The molecule has 3 rings (SSSR count). The molecule has 9 heteroatoms. The molecule has 3 aromatic rings. The summed E-state index contributed by atoms with van der Waals surface area (Å²) >= 11 is 7.28. The molecule has 33 heavy (non-hydrogen) atoms. The quantitative estimate of drug-likeness (QED) is 0.248. The van der Waals surface area contributed by atoms with Crippen molar-refractivity contribution in [1.29, 1.82) is 0 Å². The van der Waals surface area contributed by atoms with Gasteiger partial charge in [0.1, 0.15) is 0 Å². The lowest BCUT2D eigenvalue weighted by atomic mass is 10.1. The van der Waals surface area contributed by atoms with Crippen LogP contribution in [0.15, 0.2) is 53.9 Å². The molecule has 0 aliphatic rings. The predicted molar refractivity (Wildman–Crippen MR) is 128 cm³/mol. The average molecular weight is 497 g/mol. The fourth-order valence-corrected chi connectivity index (χ4v) is 4.36. The van der Waals surface area contributed by atoms with E-state index in [4.69, 9.17) is 11.6 Å². The fourth-order valence-electron chi connectivity index (χ4n) is 3.30. The average Bonchev–Trinajstić information content (AvgIpc) is 3.20. The van der Waals surface area contributed by atoms with Crippen molar-refractivity contribution in [3.63, 3.8) is 0 Å². The van der Waals surface area contributed by atoms with Crippen LogP contribution < -0.4 is 4.90 Å². The molecule has 0 bridgehead atoms. The molecular formula is C24H26ClF3N3OS+. The Morgan fingerprint density at radius 3 is 2.48 bits per heavy atom. The Labute approximate surface area is 200 Å². The first kappa shape index (κ1) is 25.2. The molecule has 0 fully saturated rings. The van der Waals surface area contributed by atoms with Gasteiger partial charge in [-0.15, -0.1) is 11.3 Å². The number of rotatable bonds is 8. The maximum absolute atomic E-state index is 13.3. The number of halogens is 4. The van der Waals surface area contributed by atoms with Crippen molar-refractivity contribution in [2.75, 3.05) is 32.6 Å². The topological polar surface area (TPSA) is 33.2 Å². The lowest BCUT2D eigenvalue weighted by Crippen LogP contribution is -2.35. The third kappa shape index (κ3) is 7.03. The molecule has 1 amide bonds. The van der Waals surface area contributed by atoms with E-state index in [1.807, 2.05) is 6.07 Å². The van der Waals surface area contributed by atoms with Gasteiger partial charge in [0.05, 0.1) is 44.6 Å². The maximum Gasteiger partial charge on any atom is 0.416 e. The zero-order valence-electron chi connectivity index (χ0n) is 18.7. The number of hydrogen-bond acceptors (Lipinski definition) is 3. The van der Waals surface area contributed by atoms with E-state index in [0.29, 0.717) is 22.3 Å². The van der Waals surface area contributed by atoms with Crippen molar-refractivity contribution in [3.8, 4) is 11.3 Å². The number of benzene rings is 2. The molecule has 0 radical (unpaired) electrons. The minimum absolute atomic E-state index is 0.147. The maximum atomic E-state index is 13.3. The summed E-state index contributed by atoms with van der Waals surface area (Å²) in [5, 5.41) is 2.64. The number of carbonyl (C=O) groups excluding carboxylic acids is 1. The second kappa shape index (κ2) is 10.2. The molecule has 1 heterocycles. The Hall–Kier alpha value is -2.42. The molecule has 0 aliphatic heterocycles. The summed E-state index contributed by atoms with van der Waals surface area (Å²) in [7, 11) is 6.22. The van der Waals surface area contributed by atoms with Gasteiger partial charge in [0.2, 0.25) is 5.91 Å². The van der Waals surface area contributed by atoms with E-state index in [2.05, 4.69) is 26.1 Å². The van der Waals surface area contributed by atoms with Crippen LogP contribution in [0.4, 0.5) is 24.0 Å². The lowest BCUT2D eigenvalue weighted by Gasteiger charge is -2.24. The van der Waals surface area contributed by atoms with Crippen molar-refractivity contribution in [3.05, 3.63) is 64.5 Å². The Balaban J connectivity index is 1.92. The monoisotopic (exact) mass is 496 g/mol. The second-order valence-corrected chi connectivity index (χ2v) is 10.0. The van der Waals surface area contributed by atoms with Crippen molar-refractivity contribution in [1.82, 2.24) is 4.98 Å². The van der Waals surface area contributed by atoms with Crippen LogP contribution in [-0.2, 0) is 11.0 Å². The van der Waals surface area contributed by atoms with Gasteiger partial charge in [0.25, 0.3) is 0 Å². The molecule has 0 saturated carbocycles. The van der Waals surface area contributed by atoms with Gasteiger partial charge in [-0.25, -0.2) is 4.98 Å². The summed E-state index contributed by atoms with van der Waals surface area (Å²) in [4.78, 5) is 19.1. The SMILES string of the molecule is C[N+](C)(C)CCCCC(=O)N(c1cccc(C(F)(F)F)c1)c1nc(-c2cccc(Cl)c2)cs1. The van der Waals surface area contributed by atoms with E-state index in [1.54, 1.807) is 23.6 Å². The Morgan fingerprint density at radius 2 is 1.82 bits per heavy atom. The van der Waals surface area contributed by atoms with Crippen LogP contribution in [0.1, 0.15) is 24.8 Å². The number of unbranched alkanes of at least 4 members (excludes halogenated alkanes) is 1. The molecule has 0 aliphatic carbocycles. The Bertz CT molecular complexity index is 1110. The van der Waals surface area contributed by atoms with Gasteiger partial charge < -0.3 is 4.48 Å². The number of alkyl halides is 3. The second-order valence-electron chi connectivity index (χ2n) is 8.77. The molecule has 0 spiro atoms. The van der Waals surface area contributed by atoms with Crippen molar-refractivity contribution >= 4 is 39.7 Å². The van der Waals surface area contributed by atoms with Crippen LogP contribution in [0.25, 0.3) is 11.3 Å². The van der Waals surface area contributed by atoms with Crippen LogP contribution in [0.2, 0.25) is 5.02 Å². The van der Waals surface area contributed by atoms with Crippen molar-refractivity contribution in [2.45, 2.75) is 25.4 Å². The minimum Gasteiger partial charge on any atom is -0.331 e. The molecule has 176 valence electrons. The van der Waals surface area contributed by atoms with Crippen LogP contribution in [0, 0.1) is 0 Å². The third-order valence-electron chi connectivity index (χ3n) is 4.95. The number of hydrogen-bond donors (Lipinski definition) is 0. The fraction of sp³-hybridized carbons (Fsp3) is 0.333. The first-order chi connectivity index (χ1) is 15.4. The number of thiazole rings is 1. The lowest BCUT2D eigenvalue weighted by molar-refractivity contribution is -0.870. The number of nitrogens with zero attached hydrogens (tertiary/aromatic N) is 3. The molecule has 1 aromatic heterocycles.